The zero-order valence-corrected chi connectivity index (χ0v) is 20.4. The number of amides is 1. The van der Waals surface area contributed by atoms with E-state index in [2.05, 4.69) is 20.2 Å². The molecular weight excluding hydrogens is 472 g/mol. The van der Waals surface area contributed by atoms with E-state index in [-0.39, 0.29) is 22.0 Å². The van der Waals surface area contributed by atoms with Crippen LogP contribution in [0.15, 0.2) is 57.9 Å². The number of ether oxygens (including phenoxy) is 2. The van der Waals surface area contributed by atoms with E-state index >= 15 is 0 Å². The number of aromatic nitrogens is 2. The Morgan fingerprint density at radius 2 is 1.77 bits per heavy atom. The molecule has 0 aliphatic heterocycles. The second kappa shape index (κ2) is 9.63. The van der Waals surface area contributed by atoms with E-state index < -0.39 is 15.9 Å². The molecule has 0 fully saturated rings. The zero-order valence-electron chi connectivity index (χ0n) is 19.6. The Balaban J connectivity index is 1.64. The molecule has 0 unspecified atom stereocenters. The first-order chi connectivity index (χ1) is 16.7. The van der Waals surface area contributed by atoms with Crippen LogP contribution < -0.4 is 19.5 Å². The molecule has 0 bridgehead atoms. The lowest BCUT2D eigenvalue weighted by Crippen LogP contribution is -2.16. The van der Waals surface area contributed by atoms with Crippen molar-refractivity contribution in [3.8, 4) is 11.5 Å². The lowest BCUT2D eigenvalue weighted by atomic mass is 10.1. The molecule has 2 aromatic heterocycles. The van der Waals surface area contributed by atoms with E-state index in [4.69, 9.17) is 14.0 Å². The summed E-state index contributed by atoms with van der Waals surface area (Å²) in [4.78, 5) is 17.2. The summed E-state index contributed by atoms with van der Waals surface area (Å²) in [6, 6.07) is 12.5. The Morgan fingerprint density at radius 3 is 2.46 bits per heavy atom. The van der Waals surface area contributed by atoms with Gasteiger partial charge in [0.25, 0.3) is 21.6 Å². The Bertz CT molecular complexity index is 1500. The molecule has 0 radical (unpaired) electrons. The highest BCUT2D eigenvalue weighted by atomic mass is 32.2. The fourth-order valence-electron chi connectivity index (χ4n) is 3.56. The van der Waals surface area contributed by atoms with E-state index in [1.807, 2.05) is 6.92 Å². The number of pyridine rings is 1. The predicted octanol–water partition coefficient (Wildman–Crippen LogP) is 4.30. The van der Waals surface area contributed by atoms with Gasteiger partial charge in [-0.15, -0.1) is 0 Å². The van der Waals surface area contributed by atoms with Gasteiger partial charge >= 0.3 is 0 Å². The lowest BCUT2D eigenvalue weighted by Gasteiger charge is -2.14. The third-order valence-electron chi connectivity index (χ3n) is 5.12. The van der Waals surface area contributed by atoms with Gasteiger partial charge in [-0.05, 0) is 69.3 Å². The number of benzene rings is 2. The predicted molar refractivity (Wildman–Crippen MR) is 131 cm³/mol. The van der Waals surface area contributed by atoms with Crippen LogP contribution in [0.5, 0.6) is 11.5 Å². The number of rotatable bonds is 8. The van der Waals surface area contributed by atoms with E-state index in [9.17, 15) is 13.2 Å². The Morgan fingerprint density at radius 1 is 1.06 bits per heavy atom. The number of hydrogen-bond acceptors (Lipinski definition) is 8. The molecule has 0 aliphatic rings. The minimum Gasteiger partial charge on any atom is -0.495 e. The van der Waals surface area contributed by atoms with E-state index in [0.29, 0.717) is 40.4 Å². The molecule has 10 nitrogen and oxygen atoms in total. The number of nitrogens with zero attached hydrogens (tertiary/aromatic N) is 2. The molecule has 11 heteroatoms. The van der Waals surface area contributed by atoms with E-state index in [0.717, 1.165) is 0 Å². The van der Waals surface area contributed by atoms with Gasteiger partial charge in [-0.3, -0.25) is 9.52 Å². The molecule has 4 aromatic rings. The molecule has 4 rings (SSSR count). The van der Waals surface area contributed by atoms with Crippen LogP contribution in [0.25, 0.3) is 11.1 Å². The van der Waals surface area contributed by atoms with Crippen molar-refractivity contribution in [2.75, 3.05) is 23.8 Å². The maximum absolute atomic E-state index is 13.2. The summed E-state index contributed by atoms with van der Waals surface area (Å²) in [5.74, 6) is 0.291. The fourth-order valence-corrected chi connectivity index (χ4v) is 4.81. The number of anilines is 2. The van der Waals surface area contributed by atoms with Crippen LogP contribution >= 0.6 is 0 Å². The fraction of sp³-hybridized carbons (Fsp3) is 0.208. The van der Waals surface area contributed by atoms with Crippen molar-refractivity contribution in [1.29, 1.82) is 0 Å². The normalized spacial score (nSPS) is 11.3. The number of aryl methyl sites for hydroxylation is 2. The minimum absolute atomic E-state index is 0.124. The molecular formula is C24H24N4O6S. The maximum Gasteiger partial charge on any atom is 0.265 e. The summed E-state index contributed by atoms with van der Waals surface area (Å²) < 4.78 is 44.7. The van der Waals surface area contributed by atoms with Gasteiger partial charge in [-0.1, -0.05) is 5.16 Å². The van der Waals surface area contributed by atoms with Crippen molar-refractivity contribution in [3.05, 3.63) is 65.5 Å². The molecule has 0 atom stereocenters. The van der Waals surface area contributed by atoms with Crippen LogP contribution in [0.4, 0.5) is 11.4 Å². The van der Waals surface area contributed by atoms with Crippen molar-refractivity contribution in [2.45, 2.75) is 25.7 Å². The Hall–Kier alpha value is -4.12. The second-order valence-electron chi connectivity index (χ2n) is 7.64. The SMILES string of the molecule is CCOc1ccc(NS(=O)(=O)c2cc(NC(=O)c3cc(C)nc4onc(C)c34)ccc2OC)cc1. The van der Waals surface area contributed by atoms with Gasteiger partial charge in [0.15, 0.2) is 0 Å². The van der Waals surface area contributed by atoms with Gasteiger partial charge in [0.1, 0.15) is 16.4 Å². The zero-order chi connectivity index (χ0) is 25.2. The summed E-state index contributed by atoms with van der Waals surface area (Å²) in [6.07, 6.45) is 0. The molecule has 2 heterocycles. The molecule has 2 N–H and O–H groups in total. The largest absolute Gasteiger partial charge is 0.495 e. The number of sulfonamides is 1. The number of fused-ring (bicyclic) bond motifs is 1. The summed E-state index contributed by atoms with van der Waals surface area (Å²) in [5.41, 5.74) is 2.29. The number of carbonyl (C=O) groups excluding carboxylic acids is 1. The monoisotopic (exact) mass is 496 g/mol. The Kier molecular flexibility index (Phi) is 6.61. The van der Waals surface area contributed by atoms with E-state index in [1.54, 1.807) is 50.2 Å². The molecule has 2 aromatic carbocycles. The highest BCUT2D eigenvalue weighted by Gasteiger charge is 2.22. The second-order valence-corrected chi connectivity index (χ2v) is 9.29. The topological polar surface area (TPSA) is 133 Å². The van der Waals surface area contributed by atoms with Crippen molar-refractivity contribution < 1.29 is 27.2 Å². The van der Waals surface area contributed by atoms with Crippen LogP contribution in [0.3, 0.4) is 0 Å². The average Bonchev–Trinajstić information content (AvgIpc) is 3.20. The molecule has 1 amide bonds. The highest BCUT2D eigenvalue weighted by Crippen LogP contribution is 2.30. The minimum atomic E-state index is -4.05. The summed E-state index contributed by atoms with van der Waals surface area (Å²) in [5, 5.41) is 7.12. The summed E-state index contributed by atoms with van der Waals surface area (Å²) >= 11 is 0. The number of nitrogens with one attached hydrogen (secondary N) is 2. The van der Waals surface area contributed by atoms with Gasteiger partial charge in [0, 0.05) is 17.1 Å². The van der Waals surface area contributed by atoms with Crippen molar-refractivity contribution >= 4 is 38.4 Å². The van der Waals surface area contributed by atoms with Gasteiger partial charge in [0.2, 0.25) is 0 Å². The summed E-state index contributed by atoms with van der Waals surface area (Å²) in [6.45, 7) is 5.81. The molecule has 0 spiro atoms. The van der Waals surface area contributed by atoms with E-state index in [1.165, 1.54) is 19.2 Å². The third kappa shape index (κ3) is 5.04. The Labute approximate surface area is 202 Å². The van der Waals surface area contributed by atoms with Crippen LogP contribution in [-0.4, -0.2) is 38.2 Å². The lowest BCUT2D eigenvalue weighted by molar-refractivity contribution is 0.102. The van der Waals surface area contributed by atoms with Crippen molar-refractivity contribution in [3.63, 3.8) is 0 Å². The first-order valence-electron chi connectivity index (χ1n) is 10.7. The quantitative estimate of drug-likeness (QED) is 0.369. The third-order valence-corrected chi connectivity index (χ3v) is 6.52. The van der Waals surface area contributed by atoms with Gasteiger partial charge in [0.05, 0.1) is 30.4 Å². The molecule has 182 valence electrons. The van der Waals surface area contributed by atoms with Crippen LogP contribution in [0.2, 0.25) is 0 Å². The van der Waals surface area contributed by atoms with Gasteiger partial charge in [-0.25, -0.2) is 13.4 Å². The van der Waals surface area contributed by atoms with Crippen LogP contribution in [0, 0.1) is 13.8 Å². The van der Waals surface area contributed by atoms with Crippen LogP contribution in [-0.2, 0) is 10.0 Å². The molecule has 0 saturated carbocycles. The first-order valence-corrected chi connectivity index (χ1v) is 12.2. The number of methoxy groups -OCH3 is 1. The average molecular weight is 497 g/mol. The van der Waals surface area contributed by atoms with Gasteiger partial charge in [-0.2, -0.15) is 0 Å². The van der Waals surface area contributed by atoms with Crippen molar-refractivity contribution in [2.24, 2.45) is 0 Å². The molecule has 0 saturated heterocycles. The van der Waals surface area contributed by atoms with Crippen molar-refractivity contribution in [1.82, 2.24) is 10.1 Å². The smallest absolute Gasteiger partial charge is 0.265 e. The van der Waals surface area contributed by atoms with Crippen LogP contribution in [0.1, 0.15) is 28.7 Å². The molecule has 35 heavy (non-hydrogen) atoms. The number of carbonyl (C=O) groups is 1. The highest BCUT2D eigenvalue weighted by molar-refractivity contribution is 7.92. The number of hydrogen-bond donors (Lipinski definition) is 2. The standard InChI is InChI=1S/C24H24N4O6S/c1-5-33-18-9-6-16(7-10-18)28-35(30,31)21-13-17(8-11-20(21)32-4)26-23(29)19-12-14(2)25-24-22(19)15(3)27-34-24/h6-13,28H,5H2,1-4H3,(H,26,29). The maximum atomic E-state index is 13.2. The van der Waals surface area contributed by atoms with Gasteiger partial charge < -0.3 is 19.3 Å². The molecule has 0 aliphatic carbocycles. The summed E-state index contributed by atoms with van der Waals surface area (Å²) in [7, 11) is -2.68. The first kappa shape index (κ1) is 24.0.